The van der Waals surface area contributed by atoms with E-state index in [9.17, 15) is 9.59 Å². The molecule has 0 spiro atoms. The van der Waals surface area contributed by atoms with Crippen molar-refractivity contribution in [2.24, 2.45) is 0 Å². The van der Waals surface area contributed by atoms with Crippen LogP contribution in [-0.4, -0.2) is 11.8 Å². The highest BCUT2D eigenvalue weighted by Crippen LogP contribution is 2.30. The minimum atomic E-state index is -0.342. The maximum Gasteiger partial charge on any atom is 0.291 e. The van der Waals surface area contributed by atoms with E-state index in [1.54, 1.807) is 29.5 Å². The molecule has 0 aliphatic carbocycles. The van der Waals surface area contributed by atoms with Crippen LogP contribution in [0.15, 0.2) is 70.7 Å². The van der Waals surface area contributed by atoms with Crippen LogP contribution in [0.3, 0.4) is 0 Å². The van der Waals surface area contributed by atoms with Gasteiger partial charge in [-0.2, -0.15) is 0 Å². The molecule has 1 aromatic carbocycles. The van der Waals surface area contributed by atoms with Crippen LogP contribution in [0.1, 0.15) is 54.8 Å². The normalized spacial score (nSPS) is 11.8. The molecule has 0 saturated carbocycles. The summed E-state index contributed by atoms with van der Waals surface area (Å²) in [5.41, 5.74) is 3.10. The molecule has 4 rings (SSSR count). The SMILES string of the molecule is CCc1ccc(C(NC(=O)c2sc(NC(=O)c3ccco3)cc2C)c2cccs2)cc1. The van der Waals surface area contributed by atoms with E-state index < -0.39 is 0 Å². The maximum absolute atomic E-state index is 13.2. The third-order valence-corrected chi connectivity index (χ3v) is 7.02. The molecule has 31 heavy (non-hydrogen) atoms. The second-order valence-electron chi connectivity index (χ2n) is 7.07. The van der Waals surface area contributed by atoms with E-state index in [1.165, 1.54) is 23.2 Å². The Morgan fingerprint density at radius 1 is 1.06 bits per heavy atom. The lowest BCUT2D eigenvalue weighted by atomic mass is 10.0. The molecule has 7 heteroatoms. The summed E-state index contributed by atoms with van der Waals surface area (Å²) < 4.78 is 5.13. The number of thiophene rings is 2. The van der Waals surface area contributed by atoms with E-state index in [0.29, 0.717) is 9.88 Å². The van der Waals surface area contributed by atoms with Crippen LogP contribution in [0.25, 0.3) is 0 Å². The van der Waals surface area contributed by atoms with Crippen LogP contribution in [0, 0.1) is 6.92 Å². The number of benzene rings is 1. The van der Waals surface area contributed by atoms with Gasteiger partial charge in [-0.25, -0.2) is 0 Å². The molecule has 0 saturated heterocycles. The molecule has 2 N–H and O–H groups in total. The zero-order valence-electron chi connectivity index (χ0n) is 17.2. The van der Waals surface area contributed by atoms with Crippen molar-refractivity contribution in [3.05, 3.63) is 98.4 Å². The monoisotopic (exact) mass is 450 g/mol. The van der Waals surface area contributed by atoms with Crippen LogP contribution in [0.5, 0.6) is 0 Å². The Morgan fingerprint density at radius 3 is 2.52 bits per heavy atom. The van der Waals surface area contributed by atoms with Crippen molar-refractivity contribution in [2.45, 2.75) is 26.3 Å². The highest BCUT2D eigenvalue weighted by Gasteiger charge is 2.22. The molecule has 0 aliphatic rings. The van der Waals surface area contributed by atoms with Gasteiger partial charge in [0, 0.05) is 4.88 Å². The highest BCUT2D eigenvalue weighted by molar-refractivity contribution is 7.18. The number of amides is 2. The van der Waals surface area contributed by atoms with E-state index in [0.717, 1.165) is 22.4 Å². The van der Waals surface area contributed by atoms with Gasteiger partial charge in [-0.1, -0.05) is 37.3 Å². The van der Waals surface area contributed by atoms with Crippen LogP contribution >= 0.6 is 22.7 Å². The number of hydrogen-bond acceptors (Lipinski definition) is 5. The highest BCUT2D eigenvalue weighted by atomic mass is 32.1. The molecule has 1 unspecified atom stereocenters. The van der Waals surface area contributed by atoms with Crippen molar-refractivity contribution < 1.29 is 14.0 Å². The Balaban J connectivity index is 1.54. The van der Waals surface area contributed by atoms with E-state index in [4.69, 9.17) is 4.42 Å². The van der Waals surface area contributed by atoms with Crippen LogP contribution in [-0.2, 0) is 6.42 Å². The first-order valence-electron chi connectivity index (χ1n) is 9.93. The molecule has 4 aromatic rings. The molecule has 3 aromatic heterocycles. The van der Waals surface area contributed by atoms with Crippen molar-refractivity contribution in [1.82, 2.24) is 5.32 Å². The second kappa shape index (κ2) is 9.32. The second-order valence-corrected chi connectivity index (χ2v) is 9.10. The van der Waals surface area contributed by atoms with Gasteiger partial charge >= 0.3 is 0 Å². The molecule has 0 fully saturated rings. The zero-order valence-corrected chi connectivity index (χ0v) is 18.8. The average Bonchev–Trinajstić information content (AvgIpc) is 3.54. The van der Waals surface area contributed by atoms with E-state index >= 15 is 0 Å². The molecule has 158 valence electrons. The van der Waals surface area contributed by atoms with E-state index in [-0.39, 0.29) is 23.6 Å². The first kappa shape index (κ1) is 21.1. The third-order valence-electron chi connectivity index (χ3n) is 4.93. The molecule has 2 amide bonds. The van der Waals surface area contributed by atoms with Gasteiger partial charge in [-0.05, 0) is 59.7 Å². The van der Waals surface area contributed by atoms with Gasteiger partial charge in [0.05, 0.1) is 22.2 Å². The molecule has 3 heterocycles. The summed E-state index contributed by atoms with van der Waals surface area (Å²) in [6, 6.07) is 17.2. The quantitative estimate of drug-likeness (QED) is 0.360. The Labute approximate surface area is 188 Å². The van der Waals surface area contributed by atoms with Gasteiger partial charge in [-0.3, -0.25) is 9.59 Å². The molecule has 0 bridgehead atoms. The molecule has 1 atom stereocenters. The number of carbonyl (C=O) groups excluding carboxylic acids is 2. The number of nitrogens with one attached hydrogen (secondary N) is 2. The Hall–Kier alpha value is -3.16. The molecule has 0 radical (unpaired) electrons. The summed E-state index contributed by atoms with van der Waals surface area (Å²) >= 11 is 2.86. The number of anilines is 1. The summed E-state index contributed by atoms with van der Waals surface area (Å²) in [4.78, 5) is 27.0. The first-order valence-corrected chi connectivity index (χ1v) is 11.6. The third kappa shape index (κ3) is 4.78. The van der Waals surface area contributed by atoms with Crippen LogP contribution in [0.2, 0.25) is 0 Å². The number of aryl methyl sites for hydroxylation is 2. The first-order chi connectivity index (χ1) is 15.0. The molecular weight excluding hydrogens is 428 g/mol. The minimum Gasteiger partial charge on any atom is -0.459 e. The van der Waals surface area contributed by atoms with Gasteiger partial charge in [0.15, 0.2) is 5.76 Å². The molecular formula is C24H22N2O3S2. The smallest absolute Gasteiger partial charge is 0.291 e. The Kier molecular flexibility index (Phi) is 6.34. The fourth-order valence-corrected chi connectivity index (χ4v) is 5.04. The number of furan rings is 1. The van der Waals surface area contributed by atoms with Gasteiger partial charge in [-0.15, -0.1) is 22.7 Å². The number of carbonyl (C=O) groups is 2. The van der Waals surface area contributed by atoms with Crippen LogP contribution < -0.4 is 10.6 Å². The summed E-state index contributed by atoms with van der Waals surface area (Å²) in [6.45, 7) is 3.99. The maximum atomic E-state index is 13.2. The fourth-order valence-electron chi connectivity index (χ4n) is 3.27. The zero-order chi connectivity index (χ0) is 21.8. The summed E-state index contributed by atoms with van der Waals surface area (Å²) in [5, 5.41) is 8.58. The number of hydrogen-bond donors (Lipinski definition) is 2. The summed E-state index contributed by atoms with van der Waals surface area (Å²) in [5.74, 6) is -0.282. The van der Waals surface area contributed by atoms with Gasteiger partial charge < -0.3 is 15.1 Å². The van der Waals surface area contributed by atoms with Gasteiger partial charge in [0.25, 0.3) is 11.8 Å². The van der Waals surface area contributed by atoms with Crippen molar-refractivity contribution in [3.63, 3.8) is 0 Å². The predicted molar refractivity (Wildman–Crippen MR) is 125 cm³/mol. The van der Waals surface area contributed by atoms with Crippen molar-refractivity contribution in [2.75, 3.05) is 5.32 Å². The lowest BCUT2D eigenvalue weighted by Crippen LogP contribution is -2.28. The van der Waals surface area contributed by atoms with Crippen molar-refractivity contribution >= 4 is 39.5 Å². The molecule has 0 aliphatic heterocycles. The van der Waals surface area contributed by atoms with Crippen molar-refractivity contribution in [3.8, 4) is 0 Å². The van der Waals surface area contributed by atoms with E-state index in [2.05, 4.69) is 41.8 Å². The van der Waals surface area contributed by atoms with Gasteiger partial charge in [0.1, 0.15) is 0 Å². The lowest BCUT2D eigenvalue weighted by molar-refractivity contribution is 0.0945. The Bertz CT molecular complexity index is 1160. The minimum absolute atomic E-state index is 0.168. The lowest BCUT2D eigenvalue weighted by Gasteiger charge is -2.18. The summed E-state index contributed by atoms with van der Waals surface area (Å²) in [7, 11) is 0. The Morgan fingerprint density at radius 2 is 1.87 bits per heavy atom. The standard InChI is InChI=1S/C24H22N2O3S2/c1-3-16-8-10-17(11-9-16)21(19-7-5-13-30-19)26-24(28)22-15(2)14-20(31-22)25-23(27)18-6-4-12-29-18/h4-14,21H,3H2,1-2H3,(H,25,27)(H,26,28). The average molecular weight is 451 g/mol. The topological polar surface area (TPSA) is 71.3 Å². The predicted octanol–water partition coefficient (Wildman–Crippen LogP) is 6.05. The largest absolute Gasteiger partial charge is 0.459 e. The van der Waals surface area contributed by atoms with E-state index in [1.807, 2.05) is 24.4 Å². The fraction of sp³-hybridized carbons (Fsp3) is 0.167. The van der Waals surface area contributed by atoms with Crippen molar-refractivity contribution in [1.29, 1.82) is 0 Å². The molecule has 5 nitrogen and oxygen atoms in total. The van der Waals surface area contributed by atoms with Crippen LogP contribution in [0.4, 0.5) is 5.00 Å². The van der Waals surface area contributed by atoms with Gasteiger partial charge in [0.2, 0.25) is 0 Å². The summed E-state index contributed by atoms with van der Waals surface area (Å²) in [6.07, 6.45) is 2.42. The number of rotatable bonds is 7.